The minimum Gasteiger partial charge on any atom is -0.467 e. The molecule has 1 atom stereocenters. The van der Waals surface area contributed by atoms with Gasteiger partial charge in [-0.25, -0.2) is 4.79 Å². The average Bonchev–Trinajstić information content (AvgIpc) is 2.97. The van der Waals surface area contributed by atoms with Crippen LogP contribution in [0.1, 0.15) is 5.56 Å². The highest BCUT2D eigenvalue weighted by atomic mass is 32.2. The fourth-order valence-electron chi connectivity index (χ4n) is 1.95. The number of hydrogen-bond acceptors (Lipinski definition) is 6. The van der Waals surface area contributed by atoms with Gasteiger partial charge in [-0.3, -0.25) is 4.79 Å². The summed E-state index contributed by atoms with van der Waals surface area (Å²) in [5.74, 6) is -0.579. The van der Waals surface area contributed by atoms with Crippen molar-refractivity contribution in [3.63, 3.8) is 0 Å². The molecule has 2 rings (SSSR count). The molecule has 1 N–H and O–H groups in total. The molecular formula is C15H18N4O3S. The lowest BCUT2D eigenvalue weighted by molar-refractivity contribution is -0.144. The highest BCUT2D eigenvalue weighted by Gasteiger charge is 2.22. The number of aromatic nitrogens is 3. The second kappa shape index (κ2) is 8.33. The molecule has 0 spiro atoms. The van der Waals surface area contributed by atoms with Crippen molar-refractivity contribution in [3.8, 4) is 0 Å². The number of methoxy groups -OCH3 is 1. The van der Waals surface area contributed by atoms with Gasteiger partial charge in [0.05, 0.1) is 12.9 Å². The van der Waals surface area contributed by atoms with Crippen molar-refractivity contribution in [1.29, 1.82) is 0 Å². The number of nitrogens with one attached hydrogen (secondary N) is 1. The van der Waals surface area contributed by atoms with Gasteiger partial charge in [0.15, 0.2) is 5.16 Å². The van der Waals surface area contributed by atoms with Crippen LogP contribution >= 0.6 is 11.8 Å². The molecule has 8 heteroatoms. The molecule has 1 amide bonds. The Morgan fingerprint density at radius 3 is 2.70 bits per heavy atom. The van der Waals surface area contributed by atoms with Crippen LogP contribution in [0, 0.1) is 0 Å². The highest BCUT2D eigenvalue weighted by molar-refractivity contribution is 7.99. The fraction of sp³-hybridized carbons (Fsp3) is 0.333. The predicted octanol–water partition coefficient (Wildman–Crippen LogP) is 0.808. The Balaban J connectivity index is 1.93. The van der Waals surface area contributed by atoms with E-state index in [-0.39, 0.29) is 11.7 Å². The van der Waals surface area contributed by atoms with Crippen molar-refractivity contribution < 1.29 is 14.3 Å². The van der Waals surface area contributed by atoms with Crippen molar-refractivity contribution in [2.24, 2.45) is 7.05 Å². The standard InChI is InChI=1S/C15H18N4O3S/c1-19-10-16-18-15(19)23-9-13(20)17-12(14(21)22-2)8-11-6-4-3-5-7-11/h3-7,10,12H,8-9H2,1-2H3,(H,17,20)/t12-/m1/s1. The fourth-order valence-corrected chi connectivity index (χ4v) is 2.65. The van der Waals surface area contributed by atoms with E-state index in [1.165, 1.54) is 18.9 Å². The van der Waals surface area contributed by atoms with Crippen LogP contribution in [0.15, 0.2) is 41.8 Å². The zero-order valence-electron chi connectivity index (χ0n) is 12.9. The van der Waals surface area contributed by atoms with Crippen LogP contribution in [0.25, 0.3) is 0 Å². The van der Waals surface area contributed by atoms with Crippen molar-refractivity contribution in [2.45, 2.75) is 17.6 Å². The summed E-state index contributed by atoms with van der Waals surface area (Å²) in [6.45, 7) is 0. The zero-order valence-corrected chi connectivity index (χ0v) is 13.7. The first kappa shape index (κ1) is 17.0. The molecule has 1 aromatic heterocycles. The lowest BCUT2D eigenvalue weighted by atomic mass is 10.1. The average molecular weight is 334 g/mol. The Bertz CT molecular complexity index is 660. The number of carbonyl (C=O) groups excluding carboxylic acids is 2. The summed E-state index contributed by atoms with van der Waals surface area (Å²) in [7, 11) is 3.10. The predicted molar refractivity (Wildman–Crippen MR) is 85.8 cm³/mol. The van der Waals surface area contributed by atoms with Crippen molar-refractivity contribution >= 4 is 23.6 Å². The number of ether oxygens (including phenoxy) is 1. The van der Waals surface area contributed by atoms with Gasteiger partial charge in [-0.05, 0) is 5.56 Å². The molecule has 23 heavy (non-hydrogen) atoms. The number of thioether (sulfide) groups is 1. The van der Waals surface area contributed by atoms with Crippen molar-refractivity contribution in [1.82, 2.24) is 20.1 Å². The maximum Gasteiger partial charge on any atom is 0.328 e. The Labute approximate surface area is 138 Å². The van der Waals surface area contributed by atoms with Gasteiger partial charge in [0.1, 0.15) is 12.4 Å². The van der Waals surface area contributed by atoms with Gasteiger partial charge in [0.2, 0.25) is 5.91 Å². The second-order valence-electron chi connectivity index (χ2n) is 4.85. The highest BCUT2D eigenvalue weighted by Crippen LogP contribution is 2.13. The molecule has 0 bridgehead atoms. The molecule has 7 nitrogen and oxygen atoms in total. The Hall–Kier alpha value is -2.35. The number of aryl methyl sites for hydroxylation is 1. The van der Waals surface area contributed by atoms with Gasteiger partial charge >= 0.3 is 5.97 Å². The van der Waals surface area contributed by atoms with Crippen LogP contribution in [0.4, 0.5) is 0 Å². The minimum atomic E-state index is -0.713. The number of benzene rings is 1. The van der Waals surface area contributed by atoms with Crippen LogP contribution in [0.3, 0.4) is 0 Å². The first-order valence-corrected chi connectivity index (χ1v) is 7.96. The summed E-state index contributed by atoms with van der Waals surface area (Å²) in [5.41, 5.74) is 0.948. The zero-order chi connectivity index (χ0) is 16.7. The monoisotopic (exact) mass is 334 g/mol. The number of amides is 1. The Morgan fingerprint density at radius 1 is 1.35 bits per heavy atom. The maximum absolute atomic E-state index is 12.1. The molecule has 1 aromatic carbocycles. The molecule has 0 radical (unpaired) electrons. The van der Waals surface area contributed by atoms with E-state index < -0.39 is 12.0 Å². The van der Waals surface area contributed by atoms with E-state index in [1.807, 2.05) is 30.3 Å². The van der Waals surface area contributed by atoms with Gasteiger partial charge < -0.3 is 14.6 Å². The molecule has 0 unspecified atom stereocenters. The van der Waals surface area contributed by atoms with Gasteiger partial charge in [0, 0.05) is 13.5 Å². The smallest absolute Gasteiger partial charge is 0.328 e. The van der Waals surface area contributed by atoms with E-state index in [1.54, 1.807) is 17.9 Å². The summed E-state index contributed by atoms with van der Waals surface area (Å²) in [6, 6.07) is 8.75. The van der Waals surface area contributed by atoms with Crippen LogP contribution in [-0.4, -0.2) is 45.5 Å². The molecule has 0 aliphatic heterocycles. The number of hydrogen-bond donors (Lipinski definition) is 1. The van der Waals surface area contributed by atoms with Gasteiger partial charge in [-0.2, -0.15) is 0 Å². The second-order valence-corrected chi connectivity index (χ2v) is 5.79. The van der Waals surface area contributed by atoms with Gasteiger partial charge in [0.25, 0.3) is 0 Å². The molecule has 0 saturated carbocycles. The van der Waals surface area contributed by atoms with Crippen LogP contribution in [-0.2, 0) is 27.8 Å². The quantitative estimate of drug-likeness (QED) is 0.596. The first-order chi connectivity index (χ1) is 11.1. The van der Waals surface area contributed by atoms with Crippen molar-refractivity contribution in [2.75, 3.05) is 12.9 Å². The number of esters is 1. The number of carbonyl (C=O) groups is 2. The Kier molecular flexibility index (Phi) is 6.16. The van der Waals surface area contributed by atoms with E-state index in [0.29, 0.717) is 11.6 Å². The lowest BCUT2D eigenvalue weighted by Crippen LogP contribution is -2.43. The van der Waals surface area contributed by atoms with E-state index in [2.05, 4.69) is 15.5 Å². The third kappa shape index (κ3) is 5.10. The van der Waals surface area contributed by atoms with E-state index >= 15 is 0 Å². The summed E-state index contributed by atoms with van der Waals surface area (Å²) >= 11 is 1.25. The lowest BCUT2D eigenvalue weighted by Gasteiger charge is -2.16. The molecule has 0 fully saturated rings. The minimum absolute atomic E-state index is 0.148. The largest absolute Gasteiger partial charge is 0.467 e. The van der Waals surface area contributed by atoms with E-state index in [9.17, 15) is 9.59 Å². The summed E-state index contributed by atoms with van der Waals surface area (Å²) in [4.78, 5) is 23.9. The molecule has 122 valence electrons. The number of nitrogens with zero attached hydrogens (tertiary/aromatic N) is 3. The molecule has 0 aliphatic carbocycles. The molecule has 1 heterocycles. The summed E-state index contributed by atoms with van der Waals surface area (Å²) in [5, 5.41) is 11.0. The molecule has 0 saturated heterocycles. The number of rotatable bonds is 7. The SMILES string of the molecule is COC(=O)[C@@H](Cc1ccccc1)NC(=O)CSc1nncn1C. The van der Waals surface area contributed by atoms with E-state index in [0.717, 1.165) is 5.56 Å². The van der Waals surface area contributed by atoms with Crippen LogP contribution < -0.4 is 5.32 Å². The Morgan fingerprint density at radius 2 is 2.09 bits per heavy atom. The summed E-state index contributed by atoms with van der Waals surface area (Å²) < 4.78 is 6.49. The van der Waals surface area contributed by atoms with Gasteiger partial charge in [-0.15, -0.1) is 10.2 Å². The third-order valence-corrected chi connectivity index (χ3v) is 4.14. The van der Waals surface area contributed by atoms with Crippen LogP contribution in [0.5, 0.6) is 0 Å². The molecule has 2 aromatic rings. The normalized spacial score (nSPS) is 11.7. The summed E-state index contributed by atoms with van der Waals surface area (Å²) in [6.07, 6.45) is 1.95. The van der Waals surface area contributed by atoms with Crippen molar-refractivity contribution in [3.05, 3.63) is 42.2 Å². The third-order valence-electron chi connectivity index (χ3n) is 3.11. The van der Waals surface area contributed by atoms with E-state index in [4.69, 9.17) is 4.74 Å². The van der Waals surface area contributed by atoms with Crippen LogP contribution in [0.2, 0.25) is 0 Å². The topological polar surface area (TPSA) is 86.1 Å². The molecular weight excluding hydrogens is 316 g/mol. The molecule has 0 aliphatic rings. The maximum atomic E-state index is 12.1. The van der Waals surface area contributed by atoms with Gasteiger partial charge in [-0.1, -0.05) is 42.1 Å². The first-order valence-electron chi connectivity index (χ1n) is 6.98.